The van der Waals surface area contributed by atoms with E-state index in [1.807, 2.05) is 12.1 Å². The van der Waals surface area contributed by atoms with E-state index in [0.29, 0.717) is 24.2 Å². The molecule has 1 heterocycles. The normalized spacial score (nSPS) is 15.3. The molecule has 1 aliphatic heterocycles. The molecule has 9 heteroatoms. The fourth-order valence-electron chi connectivity index (χ4n) is 4.32. The van der Waals surface area contributed by atoms with Gasteiger partial charge in [0.15, 0.2) is 0 Å². The highest BCUT2D eigenvalue weighted by atomic mass is 19.4. The van der Waals surface area contributed by atoms with Crippen LogP contribution in [-0.4, -0.2) is 53.3 Å². The van der Waals surface area contributed by atoms with E-state index in [-0.39, 0.29) is 18.4 Å². The predicted molar refractivity (Wildman–Crippen MR) is 134 cm³/mol. The first kappa shape index (κ1) is 26.5. The number of hydrogen-bond donors (Lipinski definition) is 2. The fraction of sp³-hybridized carbons (Fsp3) is 0.357. The fourth-order valence-corrected chi connectivity index (χ4v) is 4.32. The second-order valence-corrected chi connectivity index (χ2v) is 10.2. The first-order valence-electron chi connectivity index (χ1n) is 12.0. The number of alkyl halides is 3. The van der Waals surface area contributed by atoms with Gasteiger partial charge in [-0.15, -0.1) is 0 Å². The molecule has 1 aliphatic rings. The zero-order valence-electron chi connectivity index (χ0n) is 20.8. The van der Waals surface area contributed by atoms with Gasteiger partial charge in [0, 0.05) is 24.6 Å². The minimum absolute atomic E-state index is 0.104. The standard InChI is InChI=1S/C28H29F3N2O4/c1-27(2,3)37-26(36)33-14-20(15-33)24(16-34)32-25(35)19-9-12-23-18(13-19)5-4-6-22(23)17-7-10-21(11-8-17)28(29,30)31/h4-13,20,24,34H,14-16H2,1-3H3,(H,32,35)/t24-/m1/s1. The van der Waals surface area contributed by atoms with Crippen molar-refractivity contribution in [2.75, 3.05) is 19.7 Å². The van der Waals surface area contributed by atoms with Crippen LogP contribution in [0.2, 0.25) is 0 Å². The summed E-state index contributed by atoms with van der Waals surface area (Å²) in [5.41, 5.74) is 0.460. The Kier molecular flexibility index (Phi) is 7.19. The maximum Gasteiger partial charge on any atom is 0.416 e. The van der Waals surface area contributed by atoms with Crippen molar-refractivity contribution in [2.45, 2.75) is 38.6 Å². The Morgan fingerprint density at radius 2 is 1.73 bits per heavy atom. The molecular formula is C28H29F3N2O4. The van der Waals surface area contributed by atoms with E-state index in [9.17, 15) is 27.9 Å². The van der Waals surface area contributed by atoms with Crippen LogP contribution in [0.3, 0.4) is 0 Å². The number of amides is 2. The van der Waals surface area contributed by atoms with Crippen LogP contribution in [0.1, 0.15) is 36.7 Å². The Morgan fingerprint density at radius 3 is 2.32 bits per heavy atom. The van der Waals surface area contributed by atoms with Crippen molar-refractivity contribution in [3.05, 3.63) is 71.8 Å². The molecule has 0 bridgehead atoms. The highest BCUT2D eigenvalue weighted by molar-refractivity contribution is 6.02. The minimum Gasteiger partial charge on any atom is -0.444 e. The summed E-state index contributed by atoms with van der Waals surface area (Å²) < 4.78 is 44.1. The molecular weight excluding hydrogens is 485 g/mol. The van der Waals surface area contributed by atoms with Crippen LogP contribution in [-0.2, 0) is 10.9 Å². The van der Waals surface area contributed by atoms with E-state index >= 15 is 0 Å². The Hall–Kier alpha value is -3.59. The number of carbonyl (C=O) groups excluding carboxylic acids is 2. The van der Waals surface area contributed by atoms with Crippen molar-refractivity contribution in [1.82, 2.24) is 10.2 Å². The maximum absolute atomic E-state index is 13.0. The molecule has 0 unspecified atom stereocenters. The second-order valence-electron chi connectivity index (χ2n) is 10.2. The number of benzene rings is 3. The lowest BCUT2D eigenvalue weighted by molar-refractivity contribution is -0.137. The van der Waals surface area contributed by atoms with Gasteiger partial charge in [0.25, 0.3) is 5.91 Å². The molecule has 3 aromatic rings. The summed E-state index contributed by atoms with van der Waals surface area (Å²) in [5.74, 6) is -0.468. The van der Waals surface area contributed by atoms with Gasteiger partial charge in [-0.1, -0.05) is 36.4 Å². The molecule has 2 amide bonds. The first-order chi connectivity index (χ1) is 17.4. The molecule has 0 spiro atoms. The van der Waals surface area contributed by atoms with E-state index in [1.54, 1.807) is 45.0 Å². The van der Waals surface area contributed by atoms with Gasteiger partial charge in [-0.25, -0.2) is 4.79 Å². The van der Waals surface area contributed by atoms with Crippen LogP contribution < -0.4 is 5.32 Å². The van der Waals surface area contributed by atoms with E-state index in [0.717, 1.165) is 28.5 Å². The molecule has 0 aliphatic carbocycles. The van der Waals surface area contributed by atoms with Crippen molar-refractivity contribution in [3.63, 3.8) is 0 Å². The van der Waals surface area contributed by atoms with E-state index in [2.05, 4.69) is 5.32 Å². The Balaban J connectivity index is 1.46. The van der Waals surface area contributed by atoms with Crippen LogP contribution in [0.5, 0.6) is 0 Å². The van der Waals surface area contributed by atoms with Crippen LogP contribution in [0.4, 0.5) is 18.0 Å². The second kappa shape index (κ2) is 10.0. The van der Waals surface area contributed by atoms with Crippen LogP contribution >= 0.6 is 0 Å². The third-order valence-electron chi connectivity index (χ3n) is 6.31. The number of hydrogen-bond acceptors (Lipinski definition) is 4. The zero-order valence-corrected chi connectivity index (χ0v) is 20.8. The monoisotopic (exact) mass is 514 g/mol. The van der Waals surface area contributed by atoms with Gasteiger partial charge < -0.3 is 20.1 Å². The van der Waals surface area contributed by atoms with Gasteiger partial charge in [0.1, 0.15) is 5.60 Å². The van der Waals surface area contributed by atoms with E-state index in [4.69, 9.17) is 4.74 Å². The SMILES string of the molecule is CC(C)(C)OC(=O)N1CC([C@@H](CO)NC(=O)c2ccc3c(-c4ccc(C(F)(F)F)cc4)cccc3c2)C1. The van der Waals surface area contributed by atoms with Crippen molar-refractivity contribution >= 4 is 22.8 Å². The van der Waals surface area contributed by atoms with Gasteiger partial charge >= 0.3 is 12.3 Å². The number of carbonyl (C=O) groups is 2. The summed E-state index contributed by atoms with van der Waals surface area (Å²) in [6, 6.07) is 15.0. The highest BCUT2D eigenvalue weighted by Crippen LogP contribution is 2.33. The quantitative estimate of drug-likeness (QED) is 0.473. The van der Waals surface area contributed by atoms with Crippen LogP contribution in [0.15, 0.2) is 60.7 Å². The molecule has 1 saturated heterocycles. The summed E-state index contributed by atoms with van der Waals surface area (Å²) in [6.45, 7) is 5.83. The van der Waals surface area contributed by atoms with Gasteiger partial charge in [0.2, 0.25) is 0 Å². The molecule has 4 rings (SSSR count). The van der Waals surface area contributed by atoms with Crippen LogP contribution in [0, 0.1) is 5.92 Å². The molecule has 37 heavy (non-hydrogen) atoms. The Morgan fingerprint density at radius 1 is 1.05 bits per heavy atom. The van der Waals surface area contributed by atoms with Gasteiger partial charge in [-0.05, 0) is 66.9 Å². The van der Waals surface area contributed by atoms with Crippen molar-refractivity contribution in [1.29, 1.82) is 0 Å². The lowest BCUT2D eigenvalue weighted by atomic mass is 9.91. The molecule has 1 fully saturated rings. The minimum atomic E-state index is -4.40. The molecule has 196 valence electrons. The molecule has 0 aromatic heterocycles. The highest BCUT2D eigenvalue weighted by Gasteiger charge is 2.38. The number of likely N-dealkylation sites (tertiary alicyclic amines) is 1. The summed E-state index contributed by atoms with van der Waals surface area (Å²) in [7, 11) is 0. The van der Waals surface area contributed by atoms with Gasteiger partial charge in [0.05, 0.1) is 18.2 Å². The largest absolute Gasteiger partial charge is 0.444 e. The smallest absolute Gasteiger partial charge is 0.416 e. The average molecular weight is 515 g/mol. The zero-order chi connectivity index (χ0) is 27.0. The summed E-state index contributed by atoms with van der Waals surface area (Å²) in [5, 5.41) is 14.3. The topological polar surface area (TPSA) is 78.9 Å². The first-order valence-corrected chi connectivity index (χ1v) is 12.0. The average Bonchev–Trinajstić information content (AvgIpc) is 2.80. The number of nitrogens with one attached hydrogen (secondary N) is 1. The van der Waals surface area contributed by atoms with Crippen LogP contribution in [0.25, 0.3) is 21.9 Å². The number of rotatable bonds is 5. The van der Waals surface area contributed by atoms with Crippen molar-refractivity contribution in [3.8, 4) is 11.1 Å². The molecule has 6 nitrogen and oxygen atoms in total. The number of aliphatic hydroxyl groups excluding tert-OH is 1. The van der Waals surface area contributed by atoms with Crippen molar-refractivity contribution < 1.29 is 32.6 Å². The molecule has 1 atom stereocenters. The Bertz CT molecular complexity index is 1290. The molecule has 0 saturated carbocycles. The lowest BCUT2D eigenvalue weighted by Crippen LogP contribution is -2.60. The molecule has 3 aromatic carbocycles. The van der Waals surface area contributed by atoms with Gasteiger partial charge in [-0.3, -0.25) is 4.79 Å². The third-order valence-corrected chi connectivity index (χ3v) is 6.31. The number of aliphatic hydroxyl groups is 1. The van der Waals surface area contributed by atoms with E-state index < -0.39 is 29.5 Å². The lowest BCUT2D eigenvalue weighted by Gasteiger charge is -2.43. The predicted octanol–water partition coefficient (Wildman–Crippen LogP) is 5.48. The number of halogens is 3. The number of fused-ring (bicyclic) bond motifs is 1. The summed E-state index contributed by atoms with van der Waals surface area (Å²) >= 11 is 0. The third kappa shape index (κ3) is 6.05. The summed E-state index contributed by atoms with van der Waals surface area (Å²) in [6.07, 6.45) is -4.83. The number of nitrogens with zero attached hydrogens (tertiary/aromatic N) is 1. The molecule has 2 N–H and O–H groups in total. The molecule has 0 radical (unpaired) electrons. The van der Waals surface area contributed by atoms with Gasteiger partial charge in [-0.2, -0.15) is 13.2 Å². The summed E-state index contributed by atoms with van der Waals surface area (Å²) in [4.78, 5) is 26.6. The van der Waals surface area contributed by atoms with Crippen molar-refractivity contribution in [2.24, 2.45) is 5.92 Å². The Labute approximate surface area is 213 Å². The maximum atomic E-state index is 13.0. The number of ether oxygens (including phenoxy) is 1. The van der Waals surface area contributed by atoms with E-state index in [1.165, 1.54) is 17.0 Å².